The van der Waals surface area contributed by atoms with Crippen LogP contribution >= 0.6 is 0 Å². The molecule has 0 saturated heterocycles. The standard InChI is InChI=1S/C47H50N4O.Pt/c1-8-9-11-15-32(2)37-20-23-43-42(29-37)41-22-21-40(31-44(41)50(43)45-28-35(25-27-48-45)24-26-47(5,6)7)52-39-19-14-18-38(30-39)51-34(4)46(33(3)49-51)36-16-12-10-13-17-36;/h10,12-14,16-23,25,27-29,32H,8-9,11,15,24,26H2,1-7H3;/q-2;+2. The average molecular weight is 882 g/mol. The van der Waals surface area contributed by atoms with Gasteiger partial charge in [0.2, 0.25) is 0 Å². The number of unbranched alkanes of at least 4 members (excludes halogenated alkanes) is 2. The third-order valence-electron chi connectivity index (χ3n) is 10.2. The summed E-state index contributed by atoms with van der Waals surface area (Å²) in [4.78, 5) is 4.92. The number of fused-ring (bicyclic) bond motifs is 3. The summed E-state index contributed by atoms with van der Waals surface area (Å²) in [5.74, 6) is 2.62. The zero-order valence-corrected chi connectivity index (χ0v) is 34.3. The van der Waals surface area contributed by atoms with Crippen LogP contribution < -0.4 is 4.74 Å². The Bertz CT molecular complexity index is 2330. The third kappa shape index (κ3) is 8.36. The van der Waals surface area contributed by atoms with E-state index in [0.29, 0.717) is 17.4 Å². The molecule has 0 fully saturated rings. The smallest absolute Gasteiger partial charge is 0.509 e. The van der Waals surface area contributed by atoms with E-state index in [2.05, 4.69) is 126 Å². The zero-order valence-electron chi connectivity index (χ0n) is 32.1. The third-order valence-corrected chi connectivity index (χ3v) is 10.2. The normalized spacial score (nSPS) is 12.3. The van der Waals surface area contributed by atoms with E-state index in [1.54, 1.807) is 0 Å². The summed E-state index contributed by atoms with van der Waals surface area (Å²) in [6.07, 6.45) is 9.01. The van der Waals surface area contributed by atoms with Gasteiger partial charge in [0.25, 0.3) is 0 Å². The number of benzene rings is 4. The van der Waals surface area contributed by atoms with Gasteiger partial charge >= 0.3 is 21.1 Å². The summed E-state index contributed by atoms with van der Waals surface area (Å²) in [6.45, 7) is 15.7. The van der Waals surface area contributed by atoms with Crippen LogP contribution in [0.15, 0.2) is 97.2 Å². The number of ether oxygens (including phenoxy) is 1. The molecule has 3 aromatic heterocycles. The van der Waals surface area contributed by atoms with E-state index in [1.807, 2.05) is 41.2 Å². The maximum Gasteiger partial charge on any atom is 2.00 e. The van der Waals surface area contributed by atoms with Crippen molar-refractivity contribution in [2.45, 2.75) is 92.9 Å². The quantitative estimate of drug-likeness (QED) is 0.0907. The molecule has 4 aromatic carbocycles. The first-order valence-electron chi connectivity index (χ1n) is 18.9. The van der Waals surface area contributed by atoms with Gasteiger partial charge in [0.15, 0.2) is 0 Å². The number of nitrogens with zero attached hydrogens (tertiary/aromatic N) is 4. The topological polar surface area (TPSA) is 44.9 Å². The van der Waals surface area contributed by atoms with Crippen LogP contribution in [0.2, 0.25) is 0 Å². The van der Waals surface area contributed by atoms with Crippen LogP contribution in [-0.4, -0.2) is 19.3 Å². The van der Waals surface area contributed by atoms with Crippen LogP contribution in [0.5, 0.6) is 11.5 Å². The van der Waals surface area contributed by atoms with E-state index >= 15 is 0 Å². The molecule has 6 heteroatoms. The van der Waals surface area contributed by atoms with E-state index in [4.69, 9.17) is 14.8 Å². The molecule has 1 unspecified atom stereocenters. The molecule has 0 saturated carbocycles. The number of pyridine rings is 1. The predicted molar refractivity (Wildman–Crippen MR) is 215 cm³/mol. The van der Waals surface area contributed by atoms with Crippen LogP contribution in [0.4, 0.5) is 0 Å². The van der Waals surface area contributed by atoms with Crippen molar-refractivity contribution in [1.29, 1.82) is 0 Å². The summed E-state index contributed by atoms with van der Waals surface area (Å²) in [7, 11) is 0. The molecule has 7 rings (SSSR count). The van der Waals surface area contributed by atoms with Gasteiger partial charge in [-0.25, -0.2) is 4.98 Å². The Morgan fingerprint density at radius 3 is 2.40 bits per heavy atom. The van der Waals surface area contributed by atoms with Crippen molar-refractivity contribution in [2.24, 2.45) is 5.41 Å². The van der Waals surface area contributed by atoms with Gasteiger partial charge in [0, 0.05) is 34.5 Å². The first-order valence-corrected chi connectivity index (χ1v) is 18.9. The Kier molecular flexibility index (Phi) is 11.7. The molecule has 3 heterocycles. The maximum atomic E-state index is 6.53. The number of hydrogen-bond acceptors (Lipinski definition) is 3. The average Bonchev–Trinajstić information content (AvgIpc) is 3.63. The summed E-state index contributed by atoms with van der Waals surface area (Å²) in [5.41, 5.74) is 10.2. The molecule has 0 bridgehead atoms. The Balaban J connectivity index is 0.00000481. The fraction of sp³-hybridized carbons (Fsp3) is 0.319. The van der Waals surface area contributed by atoms with Gasteiger partial charge in [-0.2, -0.15) is 17.2 Å². The van der Waals surface area contributed by atoms with Crippen LogP contribution in [-0.2, 0) is 27.5 Å². The molecule has 0 radical (unpaired) electrons. The summed E-state index contributed by atoms with van der Waals surface area (Å²) in [6, 6.07) is 39.0. The number of rotatable bonds is 12. The van der Waals surface area contributed by atoms with Crippen molar-refractivity contribution in [3.8, 4) is 34.1 Å². The first-order chi connectivity index (χ1) is 25.1. The summed E-state index contributed by atoms with van der Waals surface area (Å²) >= 11 is 0. The minimum absolute atomic E-state index is 0. The molecular formula is C47H50N4OPt. The molecule has 0 aliphatic rings. The Labute approximate surface area is 329 Å². The largest absolute Gasteiger partial charge is 2.00 e. The molecule has 0 aliphatic heterocycles. The SMILES string of the molecule is CCCCCC(C)c1ccc2c(c1)c1ccc(Oc3[c-]c(-n4nc(C)c(-c5ccccc5)c4C)ccc3)[c-]c1n2-c1cc(CCC(C)(C)C)ccn1.[Pt+2]. The second-order valence-corrected chi connectivity index (χ2v) is 15.5. The van der Waals surface area contributed by atoms with Crippen molar-refractivity contribution >= 4 is 21.8 Å². The second kappa shape index (κ2) is 16.3. The Morgan fingerprint density at radius 1 is 0.830 bits per heavy atom. The minimum Gasteiger partial charge on any atom is -0.509 e. The molecule has 0 amide bonds. The molecule has 274 valence electrons. The Hall–Kier alpha value is -4.47. The van der Waals surface area contributed by atoms with E-state index < -0.39 is 0 Å². The first kappa shape index (κ1) is 38.3. The monoisotopic (exact) mass is 881 g/mol. The van der Waals surface area contributed by atoms with Crippen LogP contribution in [0, 0.1) is 31.4 Å². The molecule has 0 N–H and O–H groups in total. The van der Waals surface area contributed by atoms with Gasteiger partial charge in [-0.15, -0.1) is 35.7 Å². The van der Waals surface area contributed by atoms with Crippen LogP contribution in [0.3, 0.4) is 0 Å². The molecule has 0 spiro atoms. The van der Waals surface area contributed by atoms with Gasteiger partial charge in [-0.05, 0) is 90.4 Å². The molecular weight excluding hydrogens is 832 g/mol. The van der Waals surface area contributed by atoms with E-state index in [1.165, 1.54) is 42.2 Å². The molecule has 1 atom stereocenters. The van der Waals surface area contributed by atoms with Crippen LogP contribution in [0.1, 0.15) is 95.2 Å². The van der Waals surface area contributed by atoms with Crippen LogP contribution in [0.25, 0.3) is 44.4 Å². The van der Waals surface area contributed by atoms with Crippen molar-refractivity contribution in [1.82, 2.24) is 19.3 Å². The van der Waals surface area contributed by atoms with Gasteiger partial charge in [0.1, 0.15) is 5.82 Å². The Morgan fingerprint density at radius 2 is 1.62 bits per heavy atom. The van der Waals surface area contributed by atoms with E-state index in [-0.39, 0.29) is 26.5 Å². The molecule has 0 aliphatic carbocycles. The number of aryl methyl sites for hydroxylation is 2. The van der Waals surface area contributed by atoms with Crippen molar-refractivity contribution in [3.05, 3.63) is 132 Å². The van der Waals surface area contributed by atoms with Gasteiger partial charge in [-0.1, -0.05) is 102 Å². The van der Waals surface area contributed by atoms with E-state index in [9.17, 15) is 0 Å². The fourth-order valence-electron chi connectivity index (χ4n) is 7.31. The summed E-state index contributed by atoms with van der Waals surface area (Å²) in [5, 5.41) is 7.25. The van der Waals surface area contributed by atoms with Gasteiger partial charge in [0.05, 0.1) is 5.69 Å². The van der Waals surface area contributed by atoms with Gasteiger partial charge < -0.3 is 9.30 Å². The fourth-order valence-corrected chi connectivity index (χ4v) is 7.31. The molecule has 53 heavy (non-hydrogen) atoms. The maximum absolute atomic E-state index is 6.53. The van der Waals surface area contributed by atoms with Crippen molar-refractivity contribution in [3.63, 3.8) is 0 Å². The molecule has 7 aromatic rings. The van der Waals surface area contributed by atoms with Gasteiger partial charge in [-0.3, -0.25) is 4.68 Å². The predicted octanol–water partition coefficient (Wildman–Crippen LogP) is 12.7. The second-order valence-electron chi connectivity index (χ2n) is 15.5. The van der Waals surface area contributed by atoms with Crippen molar-refractivity contribution in [2.75, 3.05) is 0 Å². The minimum atomic E-state index is 0. The number of hydrogen-bond donors (Lipinski definition) is 0. The molecule has 5 nitrogen and oxygen atoms in total. The van der Waals surface area contributed by atoms with Crippen molar-refractivity contribution < 1.29 is 25.8 Å². The number of aromatic nitrogens is 4. The zero-order chi connectivity index (χ0) is 36.4. The summed E-state index contributed by atoms with van der Waals surface area (Å²) < 4.78 is 10.7. The van der Waals surface area contributed by atoms with E-state index in [0.717, 1.165) is 63.3 Å².